The van der Waals surface area contributed by atoms with Gasteiger partial charge in [-0.2, -0.15) is 0 Å². The van der Waals surface area contributed by atoms with E-state index in [4.69, 9.17) is 4.74 Å². The molecule has 128 valence electrons. The highest BCUT2D eigenvalue weighted by atomic mass is 16.5. The average Bonchev–Trinajstić information content (AvgIpc) is 2.84. The lowest BCUT2D eigenvalue weighted by Crippen LogP contribution is -2.10. The van der Waals surface area contributed by atoms with Crippen molar-refractivity contribution in [3.8, 4) is 5.75 Å². The van der Waals surface area contributed by atoms with Crippen molar-refractivity contribution in [2.24, 2.45) is 0 Å². The first-order valence-corrected chi connectivity index (χ1v) is 8.58. The lowest BCUT2D eigenvalue weighted by Gasteiger charge is -2.20. The molecule has 0 radical (unpaired) electrons. The second kappa shape index (κ2) is 6.72. The maximum Gasteiger partial charge on any atom is 0.193 e. The number of benzene rings is 2. The number of hydrogen-bond acceptors (Lipinski definition) is 2. The van der Waals surface area contributed by atoms with Crippen molar-refractivity contribution >= 4 is 5.78 Å². The van der Waals surface area contributed by atoms with Crippen LogP contribution in [0.25, 0.3) is 0 Å². The summed E-state index contributed by atoms with van der Waals surface area (Å²) in [4.78, 5) is 13.2. The number of rotatable bonds is 4. The molecule has 2 aromatic rings. The molecule has 0 saturated heterocycles. The number of ether oxygens (including phenoxy) is 1. The van der Waals surface area contributed by atoms with Gasteiger partial charge in [-0.05, 0) is 56.5 Å². The quantitative estimate of drug-likeness (QED) is 0.672. The molecule has 3 rings (SSSR count). The molecular formula is C23H24O2. The van der Waals surface area contributed by atoms with Gasteiger partial charge in [0.15, 0.2) is 5.78 Å². The van der Waals surface area contributed by atoms with E-state index in [-0.39, 0.29) is 11.7 Å². The van der Waals surface area contributed by atoms with Gasteiger partial charge in [0.05, 0.1) is 7.11 Å². The van der Waals surface area contributed by atoms with E-state index < -0.39 is 0 Å². The minimum absolute atomic E-state index is 0.0392. The van der Waals surface area contributed by atoms with E-state index in [1.807, 2.05) is 48.5 Å². The molecule has 2 heteroatoms. The average molecular weight is 332 g/mol. The third kappa shape index (κ3) is 2.93. The number of ketones is 1. The van der Waals surface area contributed by atoms with Crippen molar-refractivity contribution in [3.05, 3.63) is 87.5 Å². The van der Waals surface area contributed by atoms with Gasteiger partial charge in [-0.1, -0.05) is 47.5 Å². The van der Waals surface area contributed by atoms with Crippen LogP contribution in [-0.4, -0.2) is 12.9 Å². The molecule has 0 amide bonds. The maximum absolute atomic E-state index is 13.2. The molecule has 25 heavy (non-hydrogen) atoms. The Balaban J connectivity index is 2.18. The summed E-state index contributed by atoms with van der Waals surface area (Å²) in [6.07, 6.45) is 0. The summed E-state index contributed by atoms with van der Waals surface area (Å²) < 4.78 is 5.38. The molecule has 1 aliphatic carbocycles. The van der Waals surface area contributed by atoms with Gasteiger partial charge in [0.25, 0.3) is 0 Å². The van der Waals surface area contributed by atoms with E-state index in [2.05, 4.69) is 27.7 Å². The molecule has 0 heterocycles. The standard InChI is InChI=1S/C23H24O2/c1-14-15(2)17(4)22(16(14)3)20-12-11-19(25-5)13-21(20)23(24)18-9-7-6-8-10-18/h6-13,22H,1-5H3. The van der Waals surface area contributed by atoms with Gasteiger partial charge in [0, 0.05) is 17.0 Å². The Bertz CT molecular complexity index is 862. The van der Waals surface area contributed by atoms with E-state index >= 15 is 0 Å². The first kappa shape index (κ1) is 17.2. The van der Waals surface area contributed by atoms with Gasteiger partial charge in [-0.15, -0.1) is 0 Å². The first-order valence-electron chi connectivity index (χ1n) is 8.58. The summed E-state index contributed by atoms with van der Waals surface area (Å²) in [6.45, 7) is 8.66. The molecule has 0 bridgehead atoms. The zero-order valence-electron chi connectivity index (χ0n) is 15.5. The number of methoxy groups -OCH3 is 1. The third-order valence-electron chi connectivity index (χ3n) is 5.46. The van der Waals surface area contributed by atoms with Crippen LogP contribution in [0, 0.1) is 0 Å². The predicted octanol–water partition coefficient (Wildman–Crippen LogP) is 5.70. The molecule has 0 fully saturated rings. The minimum atomic E-state index is 0.0392. The van der Waals surface area contributed by atoms with Crippen molar-refractivity contribution in [1.29, 1.82) is 0 Å². The Kier molecular flexibility index (Phi) is 4.63. The summed E-state index contributed by atoms with van der Waals surface area (Å²) in [7, 11) is 1.63. The normalized spacial score (nSPS) is 15.1. The van der Waals surface area contributed by atoms with E-state index in [0.717, 1.165) is 11.1 Å². The third-order valence-corrected chi connectivity index (χ3v) is 5.46. The first-order chi connectivity index (χ1) is 12.0. The minimum Gasteiger partial charge on any atom is -0.497 e. The molecule has 0 N–H and O–H groups in total. The van der Waals surface area contributed by atoms with Gasteiger partial charge < -0.3 is 4.74 Å². The van der Waals surface area contributed by atoms with Gasteiger partial charge in [0.2, 0.25) is 0 Å². The topological polar surface area (TPSA) is 26.3 Å². The van der Waals surface area contributed by atoms with Crippen LogP contribution in [0.5, 0.6) is 5.75 Å². The fourth-order valence-electron chi connectivity index (χ4n) is 3.67. The SMILES string of the molecule is COc1ccc(C2C(C)=C(C)C(C)=C2C)c(C(=O)c2ccccc2)c1. The zero-order chi connectivity index (χ0) is 18.1. The largest absolute Gasteiger partial charge is 0.497 e. The van der Waals surface area contributed by atoms with Gasteiger partial charge in [0.1, 0.15) is 5.75 Å². The van der Waals surface area contributed by atoms with Crippen LogP contribution in [0.4, 0.5) is 0 Å². The molecule has 1 aliphatic rings. The molecule has 0 saturated carbocycles. The summed E-state index contributed by atoms with van der Waals surface area (Å²) >= 11 is 0. The second-order valence-corrected chi connectivity index (χ2v) is 6.70. The molecule has 2 aromatic carbocycles. The fourth-order valence-corrected chi connectivity index (χ4v) is 3.67. The Morgan fingerprint density at radius 2 is 1.48 bits per heavy atom. The van der Waals surface area contributed by atoms with Gasteiger partial charge >= 0.3 is 0 Å². The molecule has 2 nitrogen and oxygen atoms in total. The Hall–Kier alpha value is -2.61. The second-order valence-electron chi connectivity index (χ2n) is 6.70. The van der Waals surface area contributed by atoms with Crippen LogP contribution in [0.3, 0.4) is 0 Å². The van der Waals surface area contributed by atoms with E-state index in [0.29, 0.717) is 11.3 Å². The summed E-state index contributed by atoms with van der Waals surface area (Å²) in [5, 5.41) is 0. The van der Waals surface area contributed by atoms with E-state index in [1.165, 1.54) is 22.3 Å². The Morgan fingerprint density at radius 3 is 2.04 bits per heavy atom. The predicted molar refractivity (Wildman–Crippen MR) is 102 cm³/mol. The van der Waals surface area contributed by atoms with Crippen molar-refractivity contribution in [3.63, 3.8) is 0 Å². The van der Waals surface area contributed by atoms with Crippen LogP contribution in [0.2, 0.25) is 0 Å². The zero-order valence-corrected chi connectivity index (χ0v) is 15.5. The highest BCUT2D eigenvalue weighted by Gasteiger charge is 2.29. The van der Waals surface area contributed by atoms with Gasteiger partial charge in [-0.25, -0.2) is 0 Å². The number of allylic oxidation sites excluding steroid dienone is 4. The molecule has 0 aliphatic heterocycles. The van der Waals surface area contributed by atoms with E-state index in [1.54, 1.807) is 7.11 Å². The van der Waals surface area contributed by atoms with Crippen LogP contribution >= 0.6 is 0 Å². The molecule has 0 atom stereocenters. The number of hydrogen-bond donors (Lipinski definition) is 0. The maximum atomic E-state index is 13.2. The highest BCUT2D eigenvalue weighted by Crippen LogP contribution is 2.44. The molecule has 0 spiro atoms. The van der Waals surface area contributed by atoms with Crippen molar-refractivity contribution < 1.29 is 9.53 Å². The lowest BCUT2D eigenvalue weighted by atomic mass is 9.83. The van der Waals surface area contributed by atoms with Crippen molar-refractivity contribution in [2.45, 2.75) is 33.6 Å². The summed E-state index contributed by atoms with van der Waals surface area (Å²) in [5.41, 5.74) is 7.78. The van der Waals surface area contributed by atoms with Crippen molar-refractivity contribution in [1.82, 2.24) is 0 Å². The number of carbonyl (C=O) groups is 1. The summed E-state index contributed by atoms with van der Waals surface area (Å²) in [6, 6.07) is 15.3. The Labute approximate surface area is 149 Å². The Morgan fingerprint density at radius 1 is 0.880 bits per heavy atom. The summed E-state index contributed by atoms with van der Waals surface area (Å²) in [5.74, 6) is 0.906. The molecule has 0 unspecified atom stereocenters. The van der Waals surface area contributed by atoms with Crippen LogP contribution < -0.4 is 4.74 Å². The monoisotopic (exact) mass is 332 g/mol. The molecular weight excluding hydrogens is 308 g/mol. The smallest absolute Gasteiger partial charge is 0.193 e. The number of carbonyl (C=O) groups excluding carboxylic acids is 1. The van der Waals surface area contributed by atoms with E-state index in [9.17, 15) is 4.79 Å². The fraction of sp³-hybridized carbons (Fsp3) is 0.261. The van der Waals surface area contributed by atoms with Crippen LogP contribution in [0.1, 0.15) is 55.1 Å². The lowest BCUT2D eigenvalue weighted by molar-refractivity contribution is 0.103. The highest BCUT2D eigenvalue weighted by molar-refractivity contribution is 6.10. The molecule has 0 aromatic heterocycles. The van der Waals surface area contributed by atoms with Crippen LogP contribution in [-0.2, 0) is 0 Å². The van der Waals surface area contributed by atoms with Crippen molar-refractivity contribution in [2.75, 3.05) is 7.11 Å². The van der Waals surface area contributed by atoms with Crippen LogP contribution in [0.15, 0.2) is 70.8 Å². The van der Waals surface area contributed by atoms with Gasteiger partial charge in [-0.3, -0.25) is 4.79 Å².